The van der Waals surface area contributed by atoms with Crippen molar-refractivity contribution < 1.29 is 24.1 Å². The molecule has 3 aromatic rings. The molecule has 0 saturated carbocycles. The van der Waals surface area contributed by atoms with Crippen LogP contribution in [-0.4, -0.2) is 28.6 Å². The molecule has 3 aromatic carbocycles. The van der Waals surface area contributed by atoms with E-state index >= 15 is 0 Å². The van der Waals surface area contributed by atoms with Gasteiger partial charge in [0.15, 0.2) is 11.5 Å². The second-order valence-electron chi connectivity index (χ2n) is 6.85. The summed E-state index contributed by atoms with van der Waals surface area (Å²) in [6.07, 6.45) is 1.42. The highest BCUT2D eigenvalue weighted by Crippen LogP contribution is 2.29. The van der Waals surface area contributed by atoms with Crippen molar-refractivity contribution in [3.63, 3.8) is 0 Å². The van der Waals surface area contributed by atoms with Gasteiger partial charge in [0.05, 0.1) is 22.7 Å². The van der Waals surface area contributed by atoms with E-state index in [9.17, 15) is 25.0 Å². The van der Waals surface area contributed by atoms with Crippen LogP contribution in [0.4, 0.5) is 11.4 Å². The number of nitrogens with zero attached hydrogens (tertiary/aromatic N) is 3. The van der Waals surface area contributed by atoms with Gasteiger partial charge >= 0.3 is 0 Å². The summed E-state index contributed by atoms with van der Waals surface area (Å²) < 4.78 is 11.4. The lowest BCUT2D eigenvalue weighted by atomic mass is 10.2. The molecule has 0 spiro atoms. The summed E-state index contributed by atoms with van der Waals surface area (Å²) in [6, 6.07) is 16.3. The molecular formula is C23H20N4O7. The number of hydrogen-bond acceptors (Lipinski definition) is 8. The topological polar surface area (TPSA) is 146 Å². The molecule has 3 rings (SSSR count). The Morgan fingerprint density at radius 2 is 1.53 bits per heavy atom. The van der Waals surface area contributed by atoms with E-state index in [-0.39, 0.29) is 23.5 Å². The van der Waals surface area contributed by atoms with Gasteiger partial charge in [-0.25, -0.2) is 5.43 Å². The van der Waals surface area contributed by atoms with Crippen molar-refractivity contribution in [2.75, 3.05) is 6.61 Å². The third-order valence-corrected chi connectivity index (χ3v) is 4.53. The second-order valence-corrected chi connectivity index (χ2v) is 6.85. The number of rotatable bonds is 10. The van der Waals surface area contributed by atoms with Crippen molar-refractivity contribution >= 4 is 23.5 Å². The van der Waals surface area contributed by atoms with Crippen molar-refractivity contribution in [1.82, 2.24) is 5.43 Å². The van der Waals surface area contributed by atoms with Crippen LogP contribution in [0.1, 0.15) is 28.4 Å². The molecule has 0 atom stereocenters. The zero-order valence-corrected chi connectivity index (χ0v) is 18.0. The van der Waals surface area contributed by atoms with Crippen molar-refractivity contribution in [2.24, 2.45) is 5.10 Å². The SMILES string of the molecule is CCOc1cc(/C=N\NC(=O)c2ccc([N+](=O)[O-])cc2)ccc1OCc1ccc([N+](=O)[O-])cc1. The second kappa shape index (κ2) is 11.2. The Balaban J connectivity index is 1.63. The highest BCUT2D eigenvalue weighted by atomic mass is 16.6. The molecule has 0 saturated heterocycles. The smallest absolute Gasteiger partial charge is 0.271 e. The van der Waals surface area contributed by atoms with Gasteiger partial charge in [0.1, 0.15) is 6.61 Å². The number of ether oxygens (including phenoxy) is 2. The summed E-state index contributed by atoms with van der Waals surface area (Å²) in [6.45, 7) is 2.41. The van der Waals surface area contributed by atoms with Crippen LogP contribution in [0.2, 0.25) is 0 Å². The van der Waals surface area contributed by atoms with Crippen molar-refractivity contribution in [3.8, 4) is 11.5 Å². The van der Waals surface area contributed by atoms with Gasteiger partial charge in [-0.1, -0.05) is 0 Å². The number of hydrogen-bond donors (Lipinski definition) is 1. The predicted molar refractivity (Wildman–Crippen MR) is 123 cm³/mol. The molecule has 0 bridgehead atoms. The minimum atomic E-state index is -0.547. The predicted octanol–water partition coefficient (Wildman–Crippen LogP) is 4.24. The first-order chi connectivity index (χ1) is 16.4. The summed E-state index contributed by atoms with van der Waals surface area (Å²) in [4.78, 5) is 32.6. The van der Waals surface area contributed by atoms with Gasteiger partial charge < -0.3 is 9.47 Å². The van der Waals surface area contributed by atoms with E-state index in [1.807, 2.05) is 6.92 Å². The molecule has 0 unspecified atom stereocenters. The maximum absolute atomic E-state index is 12.1. The average Bonchev–Trinajstić information content (AvgIpc) is 2.84. The number of non-ortho nitro benzene ring substituents is 2. The highest BCUT2D eigenvalue weighted by Gasteiger charge is 2.10. The third kappa shape index (κ3) is 6.36. The summed E-state index contributed by atoms with van der Waals surface area (Å²) in [5.74, 6) is 0.432. The van der Waals surface area contributed by atoms with Gasteiger partial charge in [0, 0.05) is 29.8 Å². The molecule has 0 aliphatic carbocycles. The number of nitro groups is 2. The number of benzene rings is 3. The van der Waals surface area contributed by atoms with E-state index in [0.717, 1.165) is 5.56 Å². The van der Waals surface area contributed by atoms with E-state index in [1.54, 1.807) is 30.3 Å². The van der Waals surface area contributed by atoms with E-state index in [1.165, 1.54) is 42.6 Å². The Labute approximate surface area is 193 Å². The van der Waals surface area contributed by atoms with Crippen LogP contribution in [0, 0.1) is 20.2 Å². The quantitative estimate of drug-likeness (QED) is 0.268. The molecule has 0 heterocycles. The lowest BCUT2D eigenvalue weighted by molar-refractivity contribution is -0.385. The molecule has 34 heavy (non-hydrogen) atoms. The molecule has 0 radical (unpaired) electrons. The molecule has 0 aliphatic rings. The number of carbonyl (C=O) groups is 1. The Morgan fingerprint density at radius 1 is 0.912 bits per heavy atom. The fourth-order valence-corrected chi connectivity index (χ4v) is 2.83. The fourth-order valence-electron chi connectivity index (χ4n) is 2.83. The summed E-state index contributed by atoms with van der Waals surface area (Å²) in [7, 11) is 0. The fraction of sp³-hybridized carbons (Fsp3) is 0.130. The Morgan fingerprint density at radius 3 is 2.12 bits per heavy atom. The van der Waals surface area contributed by atoms with Gasteiger partial charge in [0.25, 0.3) is 17.3 Å². The van der Waals surface area contributed by atoms with Gasteiger partial charge in [-0.15, -0.1) is 0 Å². The molecular weight excluding hydrogens is 444 g/mol. The van der Waals surface area contributed by atoms with Crippen LogP contribution in [0.15, 0.2) is 71.8 Å². The maximum Gasteiger partial charge on any atom is 0.271 e. The molecule has 0 fully saturated rings. The van der Waals surface area contributed by atoms with Crippen molar-refractivity contribution in [1.29, 1.82) is 0 Å². The number of hydrazone groups is 1. The molecule has 11 nitrogen and oxygen atoms in total. The van der Waals surface area contributed by atoms with Crippen LogP contribution in [-0.2, 0) is 6.61 Å². The van der Waals surface area contributed by atoms with E-state index < -0.39 is 15.8 Å². The lowest BCUT2D eigenvalue weighted by Crippen LogP contribution is -2.17. The number of amides is 1. The monoisotopic (exact) mass is 464 g/mol. The minimum absolute atomic E-state index is 0.00284. The van der Waals surface area contributed by atoms with Gasteiger partial charge in [0.2, 0.25) is 0 Å². The molecule has 174 valence electrons. The number of nitro benzene ring substituents is 2. The van der Waals surface area contributed by atoms with Crippen LogP contribution < -0.4 is 14.9 Å². The Kier molecular flexibility index (Phi) is 7.84. The molecule has 1 N–H and O–H groups in total. The Bertz CT molecular complexity index is 1210. The first-order valence-electron chi connectivity index (χ1n) is 10.1. The first-order valence-corrected chi connectivity index (χ1v) is 10.1. The van der Waals surface area contributed by atoms with Crippen LogP contribution in [0.3, 0.4) is 0 Å². The molecule has 1 amide bonds. The maximum atomic E-state index is 12.1. The third-order valence-electron chi connectivity index (χ3n) is 4.53. The standard InChI is InChI=1S/C23H20N4O7/c1-2-33-22-13-17(14-24-25-23(28)18-6-10-20(11-7-18)27(31)32)5-12-21(22)34-15-16-3-8-19(9-4-16)26(29)30/h3-14H,2,15H2,1H3,(H,25,28)/b24-14-. The van der Waals surface area contributed by atoms with E-state index in [0.29, 0.717) is 23.7 Å². The average molecular weight is 464 g/mol. The highest BCUT2D eigenvalue weighted by molar-refractivity contribution is 5.95. The largest absolute Gasteiger partial charge is 0.490 e. The number of nitrogens with one attached hydrogen (secondary N) is 1. The van der Waals surface area contributed by atoms with Crippen molar-refractivity contribution in [3.05, 3.63) is 104 Å². The van der Waals surface area contributed by atoms with Crippen LogP contribution in [0.5, 0.6) is 11.5 Å². The normalized spacial score (nSPS) is 10.6. The lowest BCUT2D eigenvalue weighted by Gasteiger charge is -2.12. The summed E-state index contributed by atoms with van der Waals surface area (Å²) in [5.41, 5.74) is 3.87. The van der Waals surface area contributed by atoms with Crippen molar-refractivity contribution in [2.45, 2.75) is 13.5 Å². The zero-order chi connectivity index (χ0) is 24.5. The summed E-state index contributed by atoms with van der Waals surface area (Å²) >= 11 is 0. The summed E-state index contributed by atoms with van der Waals surface area (Å²) in [5, 5.41) is 25.4. The molecule has 0 aromatic heterocycles. The molecule has 0 aliphatic heterocycles. The van der Waals surface area contributed by atoms with Crippen LogP contribution in [0.25, 0.3) is 0 Å². The number of carbonyl (C=O) groups excluding carboxylic acids is 1. The van der Waals surface area contributed by atoms with Gasteiger partial charge in [-0.3, -0.25) is 25.0 Å². The van der Waals surface area contributed by atoms with E-state index in [4.69, 9.17) is 9.47 Å². The Hall–Kier alpha value is -4.80. The first kappa shape index (κ1) is 23.9. The zero-order valence-electron chi connectivity index (χ0n) is 18.0. The van der Waals surface area contributed by atoms with Gasteiger partial charge in [-0.05, 0) is 60.5 Å². The van der Waals surface area contributed by atoms with E-state index in [2.05, 4.69) is 10.5 Å². The minimum Gasteiger partial charge on any atom is -0.490 e. The van der Waals surface area contributed by atoms with Crippen LogP contribution >= 0.6 is 0 Å². The molecule has 11 heteroatoms. The van der Waals surface area contributed by atoms with Gasteiger partial charge in [-0.2, -0.15) is 5.10 Å².